The van der Waals surface area contributed by atoms with Crippen molar-refractivity contribution in [2.45, 2.75) is 18.9 Å². The third kappa shape index (κ3) is 2.38. The van der Waals surface area contributed by atoms with Gasteiger partial charge in [-0.2, -0.15) is 0 Å². The SMILES string of the molecule is Oc1ccc2c(c1)CCC2Nc1ccc(Cl)cc1F. The summed E-state index contributed by atoms with van der Waals surface area (Å²) in [5, 5.41) is 13.0. The third-order valence-corrected chi connectivity index (χ3v) is 3.70. The van der Waals surface area contributed by atoms with Crippen LogP contribution in [0.1, 0.15) is 23.6 Å². The molecular formula is C15H13ClFNO. The van der Waals surface area contributed by atoms with Gasteiger partial charge in [0.15, 0.2) is 0 Å². The van der Waals surface area contributed by atoms with Crippen molar-refractivity contribution in [1.29, 1.82) is 0 Å². The van der Waals surface area contributed by atoms with Crippen molar-refractivity contribution in [3.63, 3.8) is 0 Å². The van der Waals surface area contributed by atoms with Crippen molar-refractivity contribution in [3.05, 3.63) is 58.4 Å². The minimum atomic E-state index is -0.347. The van der Waals surface area contributed by atoms with E-state index in [1.165, 1.54) is 6.07 Å². The molecule has 19 heavy (non-hydrogen) atoms. The number of aromatic hydroxyl groups is 1. The first-order valence-corrected chi connectivity index (χ1v) is 6.54. The standard InChI is InChI=1S/C15H13ClFNO/c16-10-2-6-15(13(17)8-10)18-14-5-1-9-7-11(19)3-4-12(9)14/h2-4,6-8,14,18-19H,1,5H2. The lowest BCUT2D eigenvalue weighted by Crippen LogP contribution is -2.08. The molecule has 1 unspecified atom stereocenters. The monoisotopic (exact) mass is 277 g/mol. The van der Waals surface area contributed by atoms with Crippen LogP contribution in [0.3, 0.4) is 0 Å². The molecule has 1 aliphatic carbocycles. The first-order valence-electron chi connectivity index (χ1n) is 6.17. The summed E-state index contributed by atoms with van der Waals surface area (Å²) in [5.74, 6) is -0.0724. The number of hydrogen-bond acceptors (Lipinski definition) is 2. The lowest BCUT2D eigenvalue weighted by molar-refractivity contribution is 0.474. The Morgan fingerprint density at radius 3 is 2.84 bits per heavy atom. The van der Waals surface area contributed by atoms with Crippen molar-refractivity contribution >= 4 is 17.3 Å². The van der Waals surface area contributed by atoms with Crippen molar-refractivity contribution in [2.24, 2.45) is 0 Å². The summed E-state index contributed by atoms with van der Waals surface area (Å²) in [6, 6.07) is 10.0. The van der Waals surface area contributed by atoms with Gasteiger partial charge in [-0.3, -0.25) is 0 Å². The molecule has 2 nitrogen and oxygen atoms in total. The molecule has 98 valence electrons. The van der Waals surface area contributed by atoms with E-state index in [9.17, 15) is 9.50 Å². The van der Waals surface area contributed by atoms with Gasteiger partial charge in [-0.05, 0) is 54.3 Å². The smallest absolute Gasteiger partial charge is 0.147 e. The van der Waals surface area contributed by atoms with E-state index in [0.29, 0.717) is 10.7 Å². The maximum Gasteiger partial charge on any atom is 0.147 e. The van der Waals surface area contributed by atoms with Gasteiger partial charge in [-0.15, -0.1) is 0 Å². The normalized spacial score (nSPS) is 17.3. The van der Waals surface area contributed by atoms with E-state index in [0.717, 1.165) is 24.0 Å². The van der Waals surface area contributed by atoms with Crippen LogP contribution in [0.15, 0.2) is 36.4 Å². The Morgan fingerprint density at radius 2 is 2.05 bits per heavy atom. The Morgan fingerprint density at radius 1 is 1.21 bits per heavy atom. The van der Waals surface area contributed by atoms with Crippen LogP contribution in [-0.2, 0) is 6.42 Å². The van der Waals surface area contributed by atoms with E-state index in [1.54, 1.807) is 24.3 Å². The number of benzene rings is 2. The van der Waals surface area contributed by atoms with E-state index in [2.05, 4.69) is 5.32 Å². The molecule has 2 aromatic rings. The van der Waals surface area contributed by atoms with Crippen LogP contribution in [0.2, 0.25) is 5.02 Å². The second-order valence-electron chi connectivity index (χ2n) is 4.74. The minimum Gasteiger partial charge on any atom is -0.508 e. The van der Waals surface area contributed by atoms with E-state index < -0.39 is 0 Å². The number of nitrogens with one attached hydrogen (secondary N) is 1. The van der Waals surface area contributed by atoms with E-state index in [-0.39, 0.29) is 17.6 Å². The van der Waals surface area contributed by atoms with Gasteiger partial charge in [0.1, 0.15) is 11.6 Å². The van der Waals surface area contributed by atoms with Crippen molar-refractivity contribution < 1.29 is 9.50 Å². The summed E-state index contributed by atoms with van der Waals surface area (Å²) in [6.07, 6.45) is 1.78. The summed E-state index contributed by atoms with van der Waals surface area (Å²) >= 11 is 5.74. The molecular weight excluding hydrogens is 265 g/mol. The number of rotatable bonds is 2. The van der Waals surface area contributed by atoms with Crippen LogP contribution < -0.4 is 5.32 Å². The highest BCUT2D eigenvalue weighted by atomic mass is 35.5. The fourth-order valence-corrected chi connectivity index (χ4v) is 2.71. The highest BCUT2D eigenvalue weighted by Gasteiger charge is 2.23. The topological polar surface area (TPSA) is 32.3 Å². The Kier molecular flexibility index (Phi) is 3.07. The number of anilines is 1. The number of fused-ring (bicyclic) bond motifs is 1. The predicted octanol–water partition coefficient (Wildman–Crippen LogP) is 4.28. The second-order valence-corrected chi connectivity index (χ2v) is 5.18. The molecule has 3 rings (SSSR count). The highest BCUT2D eigenvalue weighted by molar-refractivity contribution is 6.30. The number of aryl methyl sites for hydroxylation is 1. The molecule has 0 bridgehead atoms. The average Bonchev–Trinajstić information content (AvgIpc) is 2.75. The summed E-state index contributed by atoms with van der Waals surface area (Å²) in [7, 11) is 0. The average molecular weight is 278 g/mol. The molecule has 4 heteroatoms. The number of phenols is 1. The Bertz CT molecular complexity index is 630. The van der Waals surface area contributed by atoms with Gasteiger partial charge in [0.25, 0.3) is 0 Å². The summed E-state index contributed by atoms with van der Waals surface area (Å²) in [4.78, 5) is 0. The van der Waals surface area contributed by atoms with Gasteiger partial charge < -0.3 is 10.4 Å². The molecule has 0 saturated carbocycles. The Balaban J connectivity index is 1.86. The van der Waals surface area contributed by atoms with Gasteiger partial charge in [0.05, 0.1) is 11.7 Å². The number of hydrogen-bond donors (Lipinski definition) is 2. The molecule has 0 amide bonds. The first-order chi connectivity index (χ1) is 9.13. The van der Waals surface area contributed by atoms with Gasteiger partial charge in [-0.1, -0.05) is 17.7 Å². The second kappa shape index (κ2) is 4.74. The van der Waals surface area contributed by atoms with E-state index in [1.807, 2.05) is 6.07 Å². The molecule has 2 N–H and O–H groups in total. The fourth-order valence-electron chi connectivity index (χ4n) is 2.55. The minimum absolute atomic E-state index is 0.0753. The van der Waals surface area contributed by atoms with E-state index in [4.69, 9.17) is 11.6 Å². The van der Waals surface area contributed by atoms with Crippen LogP contribution in [-0.4, -0.2) is 5.11 Å². The molecule has 0 saturated heterocycles. The number of phenolic OH excluding ortho intramolecular Hbond substituents is 1. The summed E-state index contributed by atoms with van der Waals surface area (Å²) in [6.45, 7) is 0. The largest absolute Gasteiger partial charge is 0.508 e. The maximum atomic E-state index is 13.8. The maximum absolute atomic E-state index is 13.8. The van der Waals surface area contributed by atoms with Gasteiger partial charge in [0, 0.05) is 5.02 Å². The molecule has 0 spiro atoms. The first kappa shape index (κ1) is 12.3. The lowest BCUT2D eigenvalue weighted by atomic mass is 10.1. The molecule has 0 aliphatic heterocycles. The molecule has 0 fully saturated rings. The quantitative estimate of drug-likeness (QED) is 0.858. The van der Waals surface area contributed by atoms with Gasteiger partial charge >= 0.3 is 0 Å². The number of halogens is 2. The molecule has 1 atom stereocenters. The zero-order chi connectivity index (χ0) is 13.4. The Labute approximate surface area is 115 Å². The molecule has 0 radical (unpaired) electrons. The van der Waals surface area contributed by atoms with Crippen molar-refractivity contribution in [2.75, 3.05) is 5.32 Å². The third-order valence-electron chi connectivity index (χ3n) is 3.47. The van der Waals surface area contributed by atoms with Crippen LogP contribution in [0.5, 0.6) is 5.75 Å². The van der Waals surface area contributed by atoms with Crippen molar-refractivity contribution in [1.82, 2.24) is 0 Å². The molecule has 0 aromatic heterocycles. The summed E-state index contributed by atoms with van der Waals surface area (Å²) < 4.78 is 13.8. The zero-order valence-corrected chi connectivity index (χ0v) is 10.9. The van der Waals surface area contributed by atoms with Gasteiger partial charge in [-0.25, -0.2) is 4.39 Å². The zero-order valence-electron chi connectivity index (χ0n) is 10.2. The van der Waals surface area contributed by atoms with Crippen LogP contribution in [0, 0.1) is 5.82 Å². The van der Waals surface area contributed by atoms with E-state index >= 15 is 0 Å². The molecule has 1 aliphatic rings. The predicted molar refractivity (Wildman–Crippen MR) is 74.2 cm³/mol. The Hall–Kier alpha value is -1.74. The molecule has 2 aromatic carbocycles. The fraction of sp³-hybridized carbons (Fsp3) is 0.200. The summed E-state index contributed by atoms with van der Waals surface area (Å²) in [5.41, 5.74) is 2.69. The lowest BCUT2D eigenvalue weighted by Gasteiger charge is -2.16. The van der Waals surface area contributed by atoms with Crippen LogP contribution >= 0.6 is 11.6 Å². The van der Waals surface area contributed by atoms with Crippen LogP contribution in [0.25, 0.3) is 0 Å². The van der Waals surface area contributed by atoms with Gasteiger partial charge in [0.2, 0.25) is 0 Å². The molecule has 0 heterocycles. The highest BCUT2D eigenvalue weighted by Crippen LogP contribution is 2.36. The van der Waals surface area contributed by atoms with Crippen LogP contribution in [0.4, 0.5) is 10.1 Å². The van der Waals surface area contributed by atoms with Crippen molar-refractivity contribution in [3.8, 4) is 5.75 Å².